The van der Waals surface area contributed by atoms with Crippen molar-refractivity contribution in [2.45, 2.75) is 31.7 Å². The predicted octanol–water partition coefficient (Wildman–Crippen LogP) is 1.42. The number of aliphatic hydroxyl groups excluding tert-OH is 1. The summed E-state index contributed by atoms with van der Waals surface area (Å²) in [5.41, 5.74) is 0. The highest BCUT2D eigenvalue weighted by Gasteiger charge is 2.23. The Hall–Kier alpha value is -1.13. The Balaban J connectivity index is 2.60. The molecule has 0 saturated carbocycles. The average Bonchev–Trinajstić information content (AvgIpc) is 2.63. The summed E-state index contributed by atoms with van der Waals surface area (Å²) < 4.78 is 0. The first-order valence-electron chi connectivity index (χ1n) is 7.07. The molecule has 19 heavy (non-hydrogen) atoms. The Labute approximate surface area is 116 Å². The standard InChI is InChI=1S/C15H26N2O2/c1-3-9-16(10-4-2)15(19)12-17-11-7-5-6-8-14(17)13-18/h3-4,14,18H,1-2,5-13H2. The second kappa shape index (κ2) is 8.88. The zero-order chi connectivity index (χ0) is 14.1. The molecule has 1 aliphatic heterocycles. The molecule has 1 aliphatic rings. The molecule has 0 aliphatic carbocycles. The number of hydrogen-bond acceptors (Lipinski definition) is 3. The van der Waals surface area contributed by atoms with E-state index in [4.69, 9.17) is 0 Å². The summed E-state index contributed by atoms with van der Waals surface area (Å²) in [5.74, 6) is 0.0835. The highest BCUT2D eigenvalue weighted by atomic mass is 16.3. The van der Waals surface area contributed by atoms with Gasteiger partial charge in [-0.1, -0.05) is 25.0 Å². The fourth-order valence-corrected chi connectivity index (χ4v) is 2.52. The van der Waals surface area contributed by atoms with Gasteiger partial charge in [0.15, 0.2) is 0 Å². The third-order valence-electron chi connectivity index (χ3n) is 3.60. The van der Waals surface area contributed by atoms with Gasteiger partial charge in [0, 0.05) is 19.1 Å². The van der Waals surface area contributed by atoms with Crippen LogP contribution in [0.3, 0.4) is 0 Å². The molecule has 4 nitrogen and oxygen atoms in total. The normalized spacial score (nSPS) is 20.6. The van der Waals surface area contributed by atoms with Crippen molar-refractivity contribution in [1.82, 2.24) is 9.80 Å². The van der Waals surface area contributed by atoms with E-state index >= 15 is 0 Å². The van der Waals surface area contributed by atoms with Gasteiger partial charge >= 0.3 is 0 Å². The van der Waals surface area contributed by atoms with Crippen LogP contribution in [0.5, 0.6) is 0 Å². The molecule has 4 heteroatoms. The van der Waals surface area contributed by atoms with E-state index in [-0.39, 0.29) is 18.6 Å². The molecule has 108 valence electrons. The first-order chi connectivity index (χ1) is 9.22. The zero-order valence-corrected chi connectivity index (χ0v) is 11.8. The van der Waals surface area contributed by atoms with Gasteiger partial charge < -0.3 is 10.0 Å². The van der Waals surface area contributed by atoms with Crippen molar-refractivity contribution in [3.8, 4) is 0 Å². The van der Waals surface area contributed by atoms with Gasteiger partial charge in [0.1, 0.15) is 0 Å². The van der Waals surface area contributed by atoms with Crippen LogP contribution < -0.4 is 0 Å². The average molecular weight is 266 g/mol. The largest absolute Gasteiger partial charge is 0.395 e. The van der Waals surface area contributed by atoms with E-state index in [1.54, 1.807) is 17.1 Å². The quantitative estimate of drug-likeness (QED) is 0.709. The van der Waals surface area contributed by atoms with Crippen molar-refractivity contribution >= 4 is 5.91 Å². The third-order valence-corrected chi connectivity index (χ3v) is 3.60. The molecule has 0 radical (unpaired) electrons. The number of rotatable bonds is 7. The van der Waals surface area contributed by atoms with Gasteiger partial charge in [0.05, 0.1) is 13.2 Å². The zero-order valence-electron chi connectivity index (χ0n) is 11.8. The first kappa shape index (κ1) is 15.9. The second-order valence-electron chi connectivity index (χ2n) is 5.03. The molecule has 0 spiro atoms. The monoisotopic (exact) mass is 266 g/mol. The molecule has 0 bridgehead atoms. The first-order valence-corrected chi connectivity index (χ1v) is 7.07. The van der Waals surface area contributed by atoms with Crippen molar-refractivity contribution in [2.24, 2.45) is 0 Å². The summed E-state index contributed by atoms with van der Waals surface area (Å²) in [7, 11) is 0. The molecular weight excluding hydrogens is 240 g/mol. The molecule has 1 N–H and O–H groups in total. The summed E-state index contributed by atoms with van der Waals surface area (Å²) in [4.78, 5) is 16.1. The Morgan fingerprint density at radius 3 is 2.53 bits per heavy atom. The molecule has 1 heterocycles. The van der Waals surface area contributed by atoms with Gasteiger partial charge in [0.25, 0.3) is 0 Å². The van der Waals surface area contributed by atoms with Crippen molar-refractivity contribution in [2.75, 3.05) is 32.8 Å². The molecule has 0 aromatic rings. The summed E-state index contributed by atoms with van der Waals surface area (Å²) in [6, 6.07) is 0.126. The van der Waals surface area contributed by atoms with Crippen molar-refractivity contribution < 1.29 is 9.90 Å². The lowest BCUT2D eigenvalue weighted by molar-refractivity contribution is -0.132. The van der Waals surface area contributed by atoms with E-state index in [1.807, 2.05) is 0 Å². The Morgan fingerprint density at radius 1 is 1.26 bits per heavy atom. The number of amides is 1. The SMILES string of the molecule is C=CCN(CC=C)C(=O)CN1CCCCCC1CO. The van der Waals surface area contributed by atoms with Crippen LogP contribution >= 0.6 is 0 Å². The number of carbonyl (C=O) groups is 1. The van der Waals surface area contributed by atoms with Gasteiger partial charge in [0.2, 0.25) is 5.91 Å². The maximum atomic E-state index is 12.3. The predicted molar refractivity (Wildman–Crippen MR) is 77.9 cm³/mol. The van der Waals surface area contributed by atoms with Crippen LogP contribution in [0.15, 0.2) is 25.3 Å². The maximum Gasteiger partial charge on any atom is 0.237 e. The third kappa shape index (κ3) is 5.17. The van der Waals surface area contributed by atoms with Crippen molar-refractivity contribution in [1.29, 1.82) is 0 Å². The minimum atomic E-state index is 0.0835. The second-order valence-corrected chi connectivity index (χ2v) is 5.03. The number of aliphatic hydroxyl groups is 1. The molecule has 0 aromatic heterocycles. The summed E-state index contributed by atoms with van der Waals surface area (Å²) in [5, 5.41) is 9.45. The molecular formula is C15H26N2O2. The Kier molecular flexibility index (Phi) is 7.45. The van der Waals surface area contributed by atoms with E-state index in [9.17, 15) is 9.90 Å². The highest BCUT2D eigenvalue weighted by Crippen LogP contribution is 2.16. The highest BCUT2D eigenvalue weighted by molar-refractivity contribution is 5.78. The van der Waals surface area contributed by atoms with Gasteiger partial charge in [-0.2, -0.15) is 0 Å². The Bertz CT molecular complexity index is 295. The molecule has 1 fully saturated rings. The summed E-state index contributed by atoms with van der Waals surface area (Å²) in [6.07, 6.45) is 7.86. The topological polar surface area (TPSA) is 43.8 Å². The van der Waals surface area contributed by atoms with Gasteiger partial charge in [-0.05, 0) is 19.4 Å². The minimum Gasteiger partial charge on any atom is -0.395 e. The number of carbonyl (C=O) groups excluding carboxylic acids is 1. The van der Waals surface area contributed by atoms with Crippen LogP contribution in [-0.4, -0.2) is 59.6 Å². The number of nitrogens with zero attached hydrogens (tertiary/aromatic N) is 2. The molecule has 0 aromatic carbocycles. The molecule has 1 saturated heterocycles. The number of likely N-dealkylation sites (tertiary alicyclic amines) is 1. The minimum absolute atomic E-state index is 0.0835. The van der Waals surface area contributed by atoms with Crippen LogP contribution in [0.2, 0.25) is 0 Å². The van der Waals surface area contributed by atoms with Crippen molar-refractivity contribution in [3.63, 3.8) is 0 Å². The molecule has 1 rings (SSSR count). The lowest BCUT2D eigenvalue weighted by atomic mass is 10.1. The van der Waals surface area contributed by atoms with E-state index in [0.29, 0.717) is 19.6 Å². The van der Waals surface area contributed by atoms with Crippen LogP contribution in [-0.2, 0) is 4.79 Å². The Morgan fingerprint density at radius 2 is 1.95 bits per heavy atom. The van der Waals surface area contributed by atoms with E-state index in [2.05, 4.69) is 18.1 Å². The van der Waals surface area contributed by atoms with Gasteiger partial charge in [-0.15, -0.1) is 13.2 Å². The molecule has 1 unspecified atom stereocenters. The van der Waals surface area contributed by atoms with Crippen LogP contribution in [0.25, 0.3) is 0 Å². The lowest BCUT2D eigenvalue weighted by Crippen LogP contribution is -2.45. The lowest BCUT2D eigenvalue weighted by Gasteiger charge is -2.30. The van der Waals surface area contributed by atoms with E-state index < -0.39 is 0 Å². The molecule has 1 atom stereocenters. The van der Waals surface area contributed by atoms with Gasteiger partial charge in [-0.3, -0.25) is 9.69 Å². The van der Waals surface area contributed by atoms with Crippen LogP contribution in [0, 0.1) is 0 Å². The van der Waals surface area contributed by atoms with E-state index in [1.165, 1.54) is 6.42 Å². The van der Waals surface area contributed by atoms with Crippen molar-refractivity contribution in [3.05, 3.63) is 25.3 Å². The number of hydrogen-bond donors (Lipinski definition) is 1. The summed E-state index contributed by atoms with van der Waals surface area (Å²) >= 11 is 0. The maximum absolute atomic E-state index is 12.3. The molecule has 1 amide bonds. The smallest absolute Gasteiger partial charge is 0.237 e. The summed E-state index contributed by atoms with van der Waals surface area (Å²) in [6.45, 7) is 9.85. The van der Waals surface area contributed by atoms with Gasteiger partial charge in [-0.25, -0.2) is 0 Å². The van der Waals surface area contributed by atoms with E-state index in [0.717, 1.165) is 25.8 Å². The van der Waals surface area contributed by atoms with Crippen LogP contribution in [0.1, 0.15) is 25.7 Å². The fraction of sp³-hybridized carbons (Fsp3) is 0.667. The van der Waals surface area contributed by atoms with Crippen LogP contribution in [0.4, 0.5) is 0 Å². The fourth-order valence-electron chi connectivity index (χ4n) is 2.52.